The van der Waals surface area contributed by atoms with Crippen molar-refractivity contribution in [1.29, 1.82) is 5.26 Å². The first-order valence-corrected chi connectivity index (χ1v) is 10.8. The Labute approximate surface area is 188 Å². The van der Waals surface area contributed by atoms with Crippen molar-refractivity contribution in [2.24, 2.45) is 0 Å². The Morgan fingerprint density at radius 3 is 2.50 bits per heavy atom. The number of nitrogens with zero attached hydrogens (tertiary/aromatic N) is 5. The molecule has 1 atom stereocenters. The van der Waals surface area contributed by atoms with Crippen molar-refractivity contribution in [3.05, 3.63) is 65.9 Å². The van der Waals surface area contributed by atoms with E-state index in [2.05, 4.69) is 11.4 Å². The SMILES string of the molecule is CN[C@@H]1CCCN(C(=O)c2cc(-c3ccc(C#N)cc3)n(-c3ccc(N(C)C)cc3)n2)C1. The highest BCUT2D eigenvalue weighted by Crippen LogP contribution is 2.27. The van der Waals surface area contributed by atoms with Crippen LogP contribution in [-0.2, 0) is 0 Å². The molecule has 1 aromatic heterocycles. The van der Waals surface area contributed by atoms with E-state index in [9.17, 15) is 4.79 Å². The average Bonchev–Trinajstić information content (AvgIpc) is 3.29. The van der Waals surface area contributed by atoms with E-state index in [1.54, 1.807) is 12.1 Å². The topological polar surface area (TPSA) is 77.2 Å². The zero-order chi connectivity index (χ0) is 22.7. The van der Waals surface area contributed by atoms with Crippen molar-refractivity contribution < 1.29 is 4.79 Å². The van der Waals surface area contributed by atoms with Crippen LogP contribution in [0.3, 0.4) is 0 Å². The van der Waals surface area contributed by atoms with Crippen LogP contribution in [0.4, 0.5) is 5.69 Å². The highest BCUT2D eigenvalue weighted by Gasteiger charge is 2.26. The van der Waals surface area contributed by atoms with Crippen molar-refractivity contribution in [2.45, 2.75) is 18.9 Å². The monoisotopic (exact) mass is 428 g/mol. The van der Waals surface area contributed by atoms with Crippen molar-refractivity contribution in [1.82, 2.24) is 20.0 Å². The van der Waals surface area contributed by atoms with Gasteiger partial charge in [0.05, 0.1) is 23.0 Å². The quantitative estimate of drug-likeness (QED) is 0.675. The van der Waals surface area contributed by atoms with Crippen molar-refractivity contribution in [3.8, 4) is 23.0 Å². The van der Waals surface area contributed by atoms with Crippen LogP contribution in [0.2, 0.25) is 0 Å². The molecule has 1 N–H and O–H groups in total. The number of hydrogen-bond donors (Lipinski definition) is 1. The summed E-state index contributed by atoms with van der Waals surface area (Å²) in [6.45, 7) is 1.43. The van der Waals surface area contributed by atoms with Crippen LogP contribution >= 0.6 is 0 Å². The number of amides is 1. The summed E-state index contributed by atoms with van der Waals surface area (Å²) < 4.78 is 1.81. The molecule has 0 bridgehead atoms. The van der Waals surface area contributed by atoms with Gasteiger partial charge in [-0.3, -0.25) is 4.79 Å². The lowest BCUT2D eigenvalue weighted by Gasteiger charge is -2.32. The zero-order valence-corrected chi connectivity index (χ0v) is 18.7. The summed E-state index contributed by atoms with van der Waals surface area (Å²) in [6.07, 6.45) is 2.05. The van der Waals surface area contributed by atoms with E-state index in [0.717, 1.165) is 42.0 Å². The normalized spacial score (nSPS) is 15.9. The average molecular weight is 429 g/mol. The summed E-state index contributed by atoms with van der Waals surface area (Å²) in [4.78, 5) is 17.2. The maximum absolute atomic E-state index is 13.3. The van der Waals surface area contributed by atoms with E-state index in [1.807, 2.05) is 78.1 Å². The molecule has 0 unspecified atom stereocenters. The molecular formula is C25H28N6O. The summed E-state index contributed by atoms with van der Waals surface area (Å²) in [5.41, 5.74) is 4.71. The number of hydrogen-bond acceptors (Lipinski definition) is 5. The fourth-order valence-electron chi connectivity index (χ4n) is 4.05. The molecule has 0 saturated carbocycles. The largest absolute Gasteiger partial charge is 0.378 e. The Kier molecular flexibility index (Phi) is 6.24. The standard InChI is InChI=1S/C25H28N6O/c1-27-20-5-4-14-30(17-20)25(32)23-15-24(19-8-6-18(16-26)7-9-19)31(28-23)22-12-10-21(11-13-22)29(2)3/h6-13,15,20,27H,4-5,14,17H2,1-3H3/t20-/m1/s1. The molecule has 32 heavy (non-hydrogen) atoms. The second-order valence-electron chi connectivity index (χ2n) is 8.31. The lowest BCUT2D eigenvalue weighted by molar-refractivity contribution is 0.0691. The smallest absolute Gasteiger partial charge is 0.274 e. The van der Waals surface area contributed by atoms with Crippen LogP contribution in [0.25, 0.3) is 16.9 Å². The molecule has 0 radical (unpaired) electrons. The maximum Gasteiger partial charge on any atom is 0.274 e. The molecule has 164 valence electrons. The molecule has 1 aliphatic rings. The highest BCUT2D eigenvalue weighted by atomic mass is 16.2. The van der Waals surface area contributed by atoms with Gasteiger partial charge < -0.3 is 15.1 Å². The Balaban J connectivity index is 1.74. The van der Waals surface area contributed by atoms with E-state index < -0.39 is 0 Å². The first kappa shape index (κ1) is 21.6. The van der Waals surface area contributed by atoms with Crippen molar-refractivity contribution in [2.75, 3.05) is 39.1 Å². The van der Waals surface area contributed by atoms with E-state index >= 15 is 0 Å². The molecule has 4 rings (SSSR count). The Bertz CT molecular complexity index is 1120. The summed E-state index contributed by atoms with van der Waals surface area (Å²) in [7, 11) is 5.94. The number of nitrogens with one attached hydrogen (secondary N) is 1. The molecule has 7 nitrogen and oxygen atoms in total. The highest BCUT2D eigenvalue weighted by molar-refractivity contribution is 5.93. The molecule has 7 heteroatoms. The van der Waals surface area contributed by atoms with Gasteiger partial charge in [0, 0.05) is 44.5 Å². The Morgan fingerprint density at radius 2 is 1.88 bits per heavy atom. The van der Waals surface area contributed by atoms with Crippen LogP contribution in [0.15, 0.2) is 54.6 Å². The Morgan fingerprint density at radius 1 is 1.16 bits per heavy atom. The first-order valence-electron chi connectivity index (χ1n) is 10.8. The second kappa shape index (κ2) is 9.25. The lowest BCUT2D eigenvalue weighted by atomic mass is 10.1. The van der Waals surface area contributed by atoms with Gasteiger partial charge in [0.1, 0.15) is 0 Å². The summed E-state index contributed by atoms with van der Waals surface area (Å²) in [5.74, 6) is -0.0523. The third-order valence-corrected chi connectivity index (χ3v) is 5.97. The van der Waals surface area contributed by atoms with Crippen LogP contribution in [-0.4, -0.2) is 60.9 Å². The summed E-state index contributed by atoms with van der Waals surface area (Å²) >= 11 is 0. The minimum Gasteiger partial charge on any atom is -0.378 e. The van der Waals surface area contributed by atoms with Gasteiger partial charge in [-0.25, -0.2) is 4.68 Å². The fourth-order valence-corrected chi connectivity index (χ4v) is 4.05. The van der Waals surface area contributed by atoms with Crippen molar-refractivity contribution in [3.63, 3.8) is 0 Å². The number of piperidine rings is 1. The van der Waals surface area contributed by atoms with Gasteiger partial charge in [-0.05, 0) is 62.4 Å². The molecule has 2 aromatic carbocycles. The van der Waals surface area contributed by atoms with Crippen LogP contribution < -0.4 is 10.2 Å². The molecule has 1 saturated heterocycles. The van der Waals surface area contributed by atoms with Crippen LogP contribution in [0.5, 0.6) is 0 Å². The van der Waals surface area contributed by atoms with E-state index in [-0.39, 0.29) is 5.91 Å². The fraction of sp³-hybridized carbons (Fsp3) is 0.320. The minimum absolute atomic E-state index is 0.0523. The number of aromatic nitrogens is 2. The molecule has 0 spiro atoms. The second-order valence-corrected chi connectivity index (χ2v) is 8.31. The van der Waals surface area contributed by atoms with E-state index in [0.29, 0.717) is 23.8 Å². The number of rotatable bonds is 5. The molecule has 1 fully saturated rings. The number of nitriles is 1. The van der Waals surface area contributed by atoms with Crippen LogP contribution in [0, 0.1) is 11.3 Å². The predicted octanol–water partition coefficient (Wildman–Crippen LogP) is 3.30. The van der Waals surface area contributed by atoms with Gasteiger partial charge >= 0.3 is 0 Å². The Hall–Kier alpha value is -3.63. The summed E-state index contributed by atoms with van der Waals surface area (Å²) in [5, 5.41) is 17.1. The van der Waals surface area contributed by atoms with E-state index in [4.69, 9.17) is 10.4 Å². The van der Waals surface area contributed by atoms with Gasteiger partial charge in [0.15, 0.2) is 5.69 Å². The molecule has 2 heterocycles. The molecule has 1 amide bonds. The van der Waals surface area contributed by atoms with Crippen molar-refractivity contribution >= 4 is 11.6 Å². The molecule has 1 aliphatic heterocycles. The van der Waals surface area contributed by atoms with Gasteiger partial charge in [-0.15, -0.1) is 0 Å². The number of likely N-dealkylation sites (N-methyl/N-ethyl adjacent to an activating group) is 1. The predicted molar refractivity (Wildman–Crippen MR) is 126 cm³/mol. The number of carbonyl (C=O) groups excluding carboxylic acids is 1. The first-order chi connectivity index (χ1) is 15.5. The van der Waals surface area contributed by atoms with Gasteiger partial charge in [0.2, 0.25) is 0 Å². The third kappa shape index (κ3) is 4.36. The number of benzene rings is 2. The summed E-state index contributed by atoms with van der Waals surface area (Å²) in [6, 6.07) is 19.7. The maximum atomic E-state index is 13.3. The minimum atomic E-state index is -0.0523. The van der Waals surface area contributed by atoms with E-state index in [1.165, 1.54) is 0 Å². The van der Waals surface area contributed by atoms with Gasteiger partial charge in [-0.1, -0.05) is 12.1 Å². The van der Waals surface area contributed by atoms with Crippen LogP contribution in [0.1, 0.15) is 28.9 Å². The van der Waals surface area contributed by atoms with Gasteiger partial charge in [-0.2, -0.15) is 10.4 Å². The lowest BCUT2D eigenvalue weighted by Crippen LogP contribution is -2.47. The third-order valence-electron chi connectivity index (χ3n) is 5.97. The molecule has 3 aromatic rings. The molecular weight excluding hydrogens is 400 g/mol. The number of likely N-dealkylation sites (tertiary alicyclic amines) is 1. The number of anilines is 1. The molecule has 0 aliphatic carbocycles. The number of carbonyl (C=O) groups is 1. The zero-order valence-electron chi connectivity index (χ0n) is 18.7. The van der Waals surface area contributed by atoms with Gasteiger partial charge in [0.25, 0.3) is 5.91 Å².